The number of halogens is 3. The zero-order valence-electron chi connectivity index (χ0n) is 21.8. The summed E-state index contributed by atoms with van der Waals surface area (Å²) in [7, 11) is 0. The molecule has 1 saturated heterocycles. The molecule has 2 aromatic carbocycles. The van der Waals surface area contributed by atoms with Crippen molar-refractivity contribution in [3.05, 3.63) is 63.4 Å². The van der Waals surface area contributed by atoms with Gasteiger partial charge in [0.25, 0.3) is 0 Å². The Balaban J connectivity index is 1.67. The summed E-state index contributed by atoms with van der Waals surface area (Å²) in [6.07, 6.45) is 2.75. The van der Waals surface area contributed by atoms with E-state index in [1.54, 1.807) is 24.3 Å². The Morgan fingerprint density at radius 1 is 1.16 bits per heavy atom. The lowest BCUT2D eigenvalue weighted by atomic mass is 9.62. The smallest absolute Gasteiger partial charge is 0.238 e. The van der Waals surface area contributed by atoms with Gasteiger partial charge in [0.2, 0.25) is 11.8 Å². The maximum Gasteiger partial charge on any atom is 0.238 e. The van der Waals surface area contributed by atoms with E-state index in [2.05, 4.69) is 36.7 Å². The number of rotatable bonds is 4. The van der Waals surface area contributed by atoms with E-state index >= 15 is 4.39 Å². The van der Waals surface area contributed by atoms with E-state index in [0.717, 1.165) is 0 Å². The van der Waals surface area contributed by atoms with Gasteiger partial charge < -0.3 is 21.1 Å². The van der Waals surface area contributed by atoms with E-state index in [4.69, 9.17) is 23.2 Å². The Bertz CT molecular complexity index is 1260. The van der Waals surface area contributed by atoms with Gasteiger partial charge in [-0.25, -0.2) is 4.39 Å². The third-order valence-corrected chi connectivity index (χ3v) is 8.79. The van der Waals surface area contributed by atoms with Gasteiger partial charge in [-0.3, -0.25) is 9.59 Å². The Morgan fingerprint density at radius 3 is 2.55 bits per heavy atom. The SMILES string of the molecule is CC(C)(C)CC1N[C@@H](C(=O)NC2CCC(O)CC2)C(c2cccc(Cl)c2F)[C@]12C(=O)Nc1cc(Cl)ccc12. The van der Waals surface area contributed by atoms with Gasteiger partial charge in [0.15, 0.2) is 0 Å². The molecule has 5 rings (SSSR count). The van der Waals surface area contributed by atoms with Crippen LogP contribution in [0.5, 0.6) is 0 Å². The third kappa shape index (κ3) is 4.72. The second kappa shape index (κ2) is 10.1. The second-order valence-corrected chi connectivity index (χ2v) is 13.0. The summed E-state index contributed by atoms with van der Waals surface area (Å²) in [5, 5.41) is 19.9. The van der Waals surface area contributed by atoms with Crippen LogP contribution in [0.1, 0.15) is 69.9 Å². The van der Waals surface area contributed by atoms with Gasteiger partial charge in [-0.15, -0.1) is 0 Å². The predicted molar refractivity (Wildman–Crippen MR) is 147 cm³/mol. The maximum atomic E-state index is 15.8. The lowest BCUT2D eigenvalue weighted by Gasteiger charge is -2.38. The molecule has 1 spiro atoms. The van der Waals surface area contributed by atoms with Gasteiger partial charge >= 0.3 is 0 Å². The van der Waals surface area contributed by atoms with Crippen molar-refractivity contribution >= 4 is 40.7 Å². The Morgan fingerprint density at radius 2 is 1.87 bits per heavy atom. The van der Waals surface area contributed by atoms with E-state index in [1.807, 2.05) is 6.07 Å². The van der Waals surface area contributed by atoms with E-state index < -0.39 is 29.2 Å². The minimum Gasteiger partial charge on any atom is -0.393 e. The highest BCUT2D eigenvalue weighted by molar-refractivity contribution is 6.31. The van der Waals surface area contributed by atoms with Crippen LogP contribution in [0.4, 0.5) is 10.1 Å². The molecule has 2 aliphatic heterocycles. The fourth-order valence-corrected chi connectivity index (χ4v) is 7.02. The van der Waals surface area contributed by atoms with Crippen molar-refractivity contribution < 1.29 is 19.1 Å². The van der Waals surface area contributed by atoms with Gasteiger partial charge in [-0.1, -0.05) is 62.2 Å². The summed E-state index contributed by atoms with van der Waals surface area (Å²) in [4.78, 5) is 28.1. The first-order valence-corrected chi connectivity index (χ1v) is 14.0. The number of hydrogen-bond donors (Lipinski definition) is 4. The molecule has 0 aromatic heterocycles. The lowest BCUT2D eigenvalue weighted by Crippen LogP contribution is -2.50. The van der Waals surface area contributed by atoms with Crippen LogP contribution < -0.4 is 16.0 Å². The molecule has 6 nitrogen and oxygen atoms in total. The highest BCUT2D eigenvalue weighted by Gasteiger charge is 2.66. The quantitative estimate of drug-likeness (QED) is 0.407. The van der Waals surface area contributed by atoms with Crippen LogP contribution >= 0.6 is 23.2 Å². The van der Waals surface area contributed by atoms with Crippen LogP contribution in [-0.4, -0.2) is 41.2 Å². The molecule has 204 valence electrons. The van der Waals surface area contributed by atoms with Crippen molar-refractivity contribution in [2.24, 2.45) is 5.41 Å². The van der Waals surface area contributed by atoms with Crippen LogP contribution in [0.3, 0.4) is 0 Å². The molecule has 2 fully saturated rings. The molecule has 2 amide bonds. The van der Waals surface area contributed by atoms with Gasteiger partial charge in [-0.05, 0) is 66.8 Å². The van der Waals surface area contributed by atoms with Crippen LogP contribution in [-0.2, 0) is 15.0 Å². The summed E-state index contributed by atoms with van der Waals surface area (Å²) >= 11 is 12.5. The van der Waals surface area contributed by atoms with Gasteiger partial charge in [0, 0.05) is 28.7 Å². The molecule has 9 heteroatoms. The van der Waals surface area contributed by atoms with Crippen molar-refractivity contribution in [3.63, 3.8) is 0 Å². The number of aliphatic hydroxyl groups is 1. The molecule has 3 aliphatic rings. The number of nitrogens with one attached hydrogen (secondary N) is 3. The molecule has 1 saturated carbocycles. The Kier molecular flexibility index (Phi) is 7.27. The van der Waals surface area contributed by atoms with Crippen LogP contribution in [0.25, 0.3) is 0 Å². The average molecular weight is 563 g/mol. The fraction of sp³-hybridized carbons (Fsp3) is 0.517. The van der Waals surface area contributed by atoms with Crippen molar-refractivity contribution in [2.75, 3.05) is 5.32 Å². The number of anilines is 1. The number of fused-ring (bicyclic) bond motifs is 2. The molecule has 0 bridgehead atoms. The zero-order chi connectivity index (χ0) is 27.4. The van der Waals surface area contributed by atoms with Crippen molar-refractivity contribution in [3.8, 4) is 0 Å². The molecule has 0 radical (unpaired) electrons. The van der Waals surface area contributed by atoms with Crippen LogP contribution in [0.2, 0.25) is 10.0 Å². The minimum absolute atomic E-state index is 0.0629. The number of carbonyl (C=O) groups is 2. The molecule has 1 aliphatic carbocycles. The number of carbonyl (C=O) groups excluding carboxylic acids is 2. The molecule has 2 heterocycles. The summed E-state index contributed by atoms with van der Waals surface area (Å²) in [5.74, 6) is -2.09. The van der Waals surface area contributed by atoms with Gasteiger partial charge in [0.1, 0.15) is 11.2 Å². The van der Waals surface area contributed by atoms with Crippen LogP contribution in [0, 0.1) is 11.2 Å². The summed E-state index contributed by atoms with van der Waals surface area (Å²) in [5.41, 5.74) is -0.00278. The molecular weight excluding hydrogens is 528 g/mol. The molecule has 4 atom stereocenters. The van der Waals surface area contributed by atoms with Crippen molar-refractivity contribution in [2.45, 2.75) is 88.4 Å². The van der Waals surface area contributed by atoms with E-state index in [1.165, 1.54) is 6.07 Å². The standard InChI is InChI=1S/C29H34Cl2FN3O3/c1-28(2,3)14-22-29(19-12-7-15(30)13-21(19)34-27(29)38)23(18-5-4-6-20(31)24(18)32)25(35-22)26(37)33-16-8-10-17(36)11-9-16/h4-7,12-13,16-17,22-23,25,35-36H,8-11,14H2,1-3H3,(H,33,37)(H,34,38)/t16?,17?,22?,23?,25-,29-/m1/s1. The van der Waals surface area contributed by atoms with Gasteiger partial charge in [0.05, 0.1) is 17.2 Å². The number of hydrogen-bond acceptors (Lipinski definition) is 4. The van der Waals surface area contributed by atoms with E-state index in [0.29, 0.717) is 48.4 Å². The van der Waals surface area contributed by atoms with Crippen LogP contribution in [0.15, 0.2) is 36.4 Å². The highest BCUT2D eigenvalue weighted by atomic mass is 35.5. The highest BCUT2D eigenvalue weighted by Crippen LogP contribution is 2.57. The van der Waals surface area contributed by atoms with E-state index in [9.17, 15) is 14.7 Å². The molecule has 4 N–H and O–H groups in total. The first kappa shape index (κ1) is 27.4. The monoisotopic (exact) mass is 561 g/mol. The summed E-state index contributed by atoms with van der Waals surface area (Å²) < 4.78 is 15.8. The lowest BCUT2D eigenvalue weighted by molar-refractivity contribution is -0.124. The normalized spacial score (nSPS) is 30.8. The first-order valence-electron chi connectivity index (χ1n) is 13.2. The third-order valence-electron chi connectivity index (χ3n) is 8.26. The second-order valence-electron chi connectivity index (χ2n) is 12.1. The topological polar surface area (TPSA) is 90.5 Å². The van der Waals surface area contributed by atoms with Crippen molar-refractivity contribution in [1.29, 1.82) is 0 Å². The van der Waals surface area contributed by atoms with Crippen molar-refractivity contribution in [1.82, 2.24) is 10.6 Å². The predicted octanol–water partition coefficient (Wildman–Crippen LogP) is 5.30. The molecule has 38 heavy (non-hydrogen) atoms. The largest absolute Gasteiger partial charge is 0.393 e. The Labute approximate surface area is 232 Å². The first-order chi connectivity index (χ1) is 17.9. The number of benzene rings is 2. The fourth-order valence-electron chi connectivity index (χ4n) is 6.66. The maximum absolute atomic E-state index is 15.8. The molecule has 2 unspecified atom stereocenters. The minimum atomic E-state index is -1.27. The number of amides is 2. The average Bonchev–Trinajstić information content (AvgIpc) is 3.31. The Hall–Kier alpha value is -2.19. The van der Waals surface area contributed by atoms with Gasteiger partial charge in [-0.2, -0.15) is 0 Å². The number of aliphatic hydroxyl groups excluding tert-OH is 1. The van der Waals surface area contributed by atoms with E-state index in [-0.39, 0.29) is 40.0 Å². The molecular formula is C29H34Cl2FN3O3. The summed E-state index contributed by atoms with van der Waals surface area (Å²) in [6.45, 7) is 6.23. The zero-order valence-corrected chi connectivity index (χ0v) is 23.3. The molecule has 2 aromatic rings. The summed E-state index contributed by atoms with van der Waals surface area (Å²) in [6, 6.07) is 8.50.